The van der Waals surface area contributed by atoms with Crippen LogP contribution in [-0.2, 0) is 6.54 Å². The van der Waals surface area contributed by atoms with Crippen molar-refractivity contribution < 1.29 is 0 Å². The minimum Gasteiger partial charge on any atom is -0.299 e. The largest absolute Gasteiger partial charge is 0.299 e. The summed E-state index contributed by atoms with van der Waals surface area (Å²) >= 11 is 2.41. The van der Waals surface area contributed by atoms with Crippen molar-refractivity contribution in [3.63, 3.8) is 0 Å². The highest BCUT2D eigenvalue weighted by Crippen LogP contribution is 2.19. The predicted molar refractivity (Wildman–Crippen MR) is 63.8 cm³/mol. The molecule has 0 aliphatic carbocycles. The predicted octanol–water partition coefficient (Wildman–Crippen LogP) is 2.81. The van der Waals surface area contributed by atoms with Crippen molar-refractivity contribution >= 4 is 22.6 Å². The molecular formula is C11H14IN. The first-order valence-electron chi connectivity index (χ1n) is 4.74. The Morgan fingerprint density at radius 2 is 2.15 bits per heavy atom. The number of halogens is 1. The van der Waals surface area contributed by atoms with Gasteiger partial charge in [0.15, 0.2) is 0 Å². The lowest BCUT2D eigenvalue weighted by atomic mass is 10.1. The van der Waals surface area contributed by atoms with E-state index in [1.54, 1.807) is 0 Å². The second-order valence-electron chi connectivity index (χ2n) is 3.65. The van der Waals surface area contributed by atoms with E-state index in [4.69, 9.17) is 0 Å². The normalized spacial score (nSPS) is 17.1. The molecule has 0 bridgehead atoms. The highest BCUT2D eigenvalue weighted by atomic mass is 127. The summed E-state index contributed by atoms with van der Waals surface area (Å²) in [4.78, 5) is 2.50. The van der Waals surface area contributed by atoms with E-state index in [9.17, 15) is 0 Å². The minimum atomic E-state index is 1.14. The van der Waals surface area contributed by atoms with Gasteiger partial charge in [-0.3, -0.25) is 4.90 Å². The van der Waals surface area contributed by atoms with Gasteiger partial charge in [0, 0.05) is 10.1 Å². The van der Waals surface area contributed by atoms with Gasteiger partial charge in [-0.15, -0.1) is 0 Å². The molecule has 1 aromatic rings. The van der Waals surface area contributed by atoms with Crippen molar-refractivity contribution in [2.75, 3.05) is 13.1 Å². The molecule has 1 aromatic carbocycles. The molecule has 13 heavy (non-hydrogen) atoms. The molecule has 1 saturated heterocycles. The van der Waals surface area contributed by atoms with Crippen LogP contribution in [0.4, 0.5) is 0 Å². The van der Waals surface area contributed by atoms with Crippen molar-refractivity contribution in [3.8, 4) is 0 Å². The summed E-state index contributed by atoms with van der Waals surface area (Å²) in [6.07, 6.45) is 1.38. The lowest BCUT2D eigenvalue weighted by molar-refractivity contribution is 0.172. The Morgan fingerprint density at radius 3 is 2.77 bits per heavy atom. The first-order chi connectivity index (χ1) is 6.27. The molecule has 0 radical (unpaired) electrons. The quantitative estimate of drug-likeness (QED) is 0.756. The van der Waals surface area contributed by atoms with E-state index >= 15 is 0 Å². The second-order valence-corrected chi connectivity index (χ2v) is 4.82. The van der Waals surface area contributed by atoms with Crippen LogP contribution in [0.1, 0.15) is 17.5 Å². The second kappa shape index (κ2) is 3.96. The monoisotopic (exact) mass is 287 g/mol. The maximum absolute atomic E-state index is 2.50. The molecule has 1 fully saturated rings. The fourth-order valence-electron chi connectivity index (χ4n) is 1.60. The smallest absolute Gasteiger partial charge is 0.0236 e. The molecule has 1 aliphatic rings. The Labute approximate surface area is 93.3 Å². The van der Waals surface area contributed by atoms with E-state index in [0.717, 1.165) is 6.54 Å². The molecular weight excluding hydrogens is 273 g/mol. The number of nitrogens with zero attached hydrogens (tertiary/aromatic N) is 1. The first-order valence-corrected chi connectivity index (χ1v) is 5.81. The summed E-state index contributed by atoms with van der Waals surface area (Å²) in [7, 11) is 0. The van der Waals surface area contributed by atoms with E-state index in [-0.39, 0.29) is 0 Å². The molecule has 0 amide bonds. The molecule has 0 N–H and O–H groups in total. The van der Waals surface area contributed by atoms with Crippen molar-refractivity contribution in [2.45, 2.75) is 19.9 Å². The Balaban J connectivity index is 2.14. The van der Waals surface area contributed by atoms with Gasteiger partial charge in [-0.2, -0.15) is 0 Å². The third-order valence-electron chi connectivity index (χ3n) is 2.72. The van der Waals surface area contributed by atoms with Crippen LogP contribution < -0.4 is 0 Å². The third kappa shape index (κ3) is 2.05. The zero-order valence-electron chi connectivity index (χ0n) is 7.89. The summed E-state index contributed by atoms with van der Waals surface area (Å²) in [5.74, 6) is 0. The van der Waals surface area contributed by atoms with E-state index in [1.807, 2.05) is 0 Å². The highest BCUT2D eigenvalue weighted by molar-refractivity contribution is 14.1. The molecule has 0 unspecified atom stereocenters. The molecule has 70 valence electrons. The summed E-state index contributed by atoms with van der Waals surface area (Å²) in [6, 6.07) is 6.58. The van der Waals surface area contributed by atoms with Crippen molar-refractivity contribution in [3.05, 3.63) is 32.9 Å². The number of hydrogen-bond donors (Lipinski definition) is 0. The Bertz CT molecular complexity index is 305. The summed E-state index contributed by atoms with van der Waals surface area (Å²) in [5, 5.41) is 0. The molecule has 0 saturated carbocycles. The van der Waals surface area contributed by atoms with Crippen molar-refractivity contribution in [1.82, 2.24) is 4.90 Å². The molecule has 2 rings (SSSR count). The SMILES string of the molecule is Cc1c(I)cccc1CN1CCC1. The van der Waals surface area contributed by atoms with Crippen molar-refractivity contribution in [2.24, 2.45) is 0 Å². The van der Waals surface area contributed by atoms with Gasteiger partial charge in [-0.05, 0) is 66.2 Å². The van der Waals surface area contributed by atoms with Crippen LogP contribution in [0.2, 0.25) is 0 Å². The Kier molecular flexibility index (Phi) is 2.89. The molecule has 0 spiro atoms. The summed E-state index contributed by atoms with van der Waals surface area (Å²) in [6.45, 7) is 5.93. The zero-order valence-corrected chi connectivity index (χ0v) is 10.0. The average molecular weight is 287 g/mol. The number of rotatable bonds is 2. The van der Waals surface area contributed by atoms with Gasteiger partial charge in [-0.25, -0.2) is 0 Å². The molecule has 1 aliphatic heterocycles. The number of likely N-dealkylation sites (tertiary alicyclic amines) is 1. The molecule has 0 atom stereocenters. The third-order valence-corrected chi connectivity index (χ3v) is 3.89. The van der Waals surface area contributed by atoms with Crippen LogP contribution in [0.5, 0.6) is 0 Å². The van der Waals surface area contributed by atoms with Gasteiger partial charge in [-0.1, -0.05) is 12.1 Å². The van der Waals surface area contributed by atoms with Crippen molar-refractivity contribution in [1.29, 1.82) is 0 Å². The van der Waals surface area contributed by atoms with Gasteiger partial charge in [0.25, 0.3) is 0 Å². The van der Waals surface area contributed by atoms with Gasteiger partial charge in [0.1, 0.15) is 0 Å². The van der Waals surface area contributed by atoms with Crippen LogP contribution in [0.25, 0.3) is 0 Å². The van der Waals surface area contributed by atoms with Crippen LogP contribution in [0.3, 0.4) is 0 Å². The topological polar surface area (TPSA) is 3.24 Å². The zero-order chi connectivity index (χ0) is 9.26. The van der Waals surface area contributed by atoms with E-state index < -0.39 is 0 Å². The highest BCUT2D eigenvalue weighted by Gasteiger charge is 2.14. The van der Waals surface area contributed by atoms with Crippen LogP contribution in [-0.4, -0.2) is 18.0 Å². The van der Waals surface area contributed by atoms with E-state index in [2.05, 4.69) is 52.6 Å². The number of benzene rings is 1. The lowest BCUT2D eigenvalue weighted by Crippen LogP contribution is -2.36. The van der Waals surface area contributed by atoms with Gasteiger partial charge < -0.3 is 0 Å². The molecule has 0 aromatic heterocycles. The van der Waals surface area contributed by atoms with Gasteiger partial charge in [0.2, 0.25) is 0 Å². The Hall–Kier alpha value is -0.0900. The van der Waals surface area contributed by atoms with Crippen LogP contribution in [0, 0.1) is 10.5 Å². The standard InChI is InChI=1S/C11H14IN/c1-9-10(4-2-5-11(9)12)8-13-6-3-7-13/h2,4-5H,3,6-8H2,1H3. The summed E-state index contributed by atoms with van der Waals surface area (Å²) < 4.78 is 1.38. The summed E-state index contributed by atoms with van der Waals surface area (Å²) in [5.41, 5.74) is 2.95. The fraction of sp³-hybridized carbons (Fsp3) is 0.455. The minimum absolute atomic E-state index is 1.14. The average Bonchev–Trinajstić information content (AvgIpc) is 2.04. The van der Waals surface area contributed by atoms with Crippen LogP contribution >= 0.6 is 22.6 Å². The lowest BCUT2D eigenvalue weighted by Gasteiger charge is -2.31. The van der Waals surface area contributed by atoms with Gasteiger partial charge in [0.05, 0.1) is 0 Å². The van der Waals surface area contributed by atoms with E-state index in [1.165, 1.54) is 34.2 Å². The maximum atomic E-state index is 2.50. The van der Waals surface area contributed by atoms with Crippen LogP contribution in [0.15, 0.2) is 18.2 Å². The fourth-order valence-corrected chi connectivity index (χ4v) is 2.16. The maximum Gasteiger partial charge on any atom is 0.0236 e. The molecule has 2 heteroatoms. The first kappa shape index (κ1) is 9.46. The number of hydrogen-bond acceptors (Lipinski definition) is 1. The van der Waals surface area contributed by atoms with Gasteiger partial charge >= 0.3 is 0 Å². The Morgan fingerprint density at radius 1 is 1.38 bits per heavy atom. The van der Waals surface area contributed by atoms with E-state index in [0.29, 0.717) is 0 Å². The molecule has 1 nitrogen and oxygen atoms in total. The molecule has 1 heterocycles.